The maximum atomic E-state index is 13.2. The molecule has 0 aliphatic carbocycles. The van der Waals surface area contributed by atoms with Gasteiger partial charge in [-0.1, -0.05) is 24.3 Å². The highest BCUT2D eigenvalue weighted by molar-refractivity contribution is 6.16. The number of aryl methyl sites for hydroxylation is 3. The molecule has 3 heterocycles. The number of nitrogens with zero attached hydrogens (tertiary/aromatic N) is 3. The zero-order chi connectivity index (χ0) is 27.2. The lowest BCUT2D eigenvalue weighted by atomic mass is 9.83. The Labute approximate surface area is 219 Å². The number of piperidine rings is 1. The van der Waals surface area contributed by atoms with Crippen molar-refractivity contribution in [2.45, 2.75) is 58.5 Å². The molecule has 0 unspecified atom stereocenters. The number of hydrogen-bond donors (Lipinski definition) is 1. The van der Waals surface area contributed by atoms with Gasteiger partial charge in [0.05, 0.1) is 5.56 Å². The van der Waals surface area contributed by atoms with Gasteiger partial charge in [0.1, 0.15) is 17.1 Å². The fraction of sp³-hybridized carbons (Fsp3) is 0.345. The van der Waals surface area contributed by atoms with Gasteiger partial charge in [0.25, 0.3) is 5.91 Å². The number of alkyl halides is 3. The van der Waals surface area contributed by atoms with Crippen LogP contribution >= 0.6 is 0 Å². The molecule has 2 atom stereocenters. The summed E-state index contributed by atoms with van der Waals surface area (Å²) >= 11 is 0. The van der Waals surface area contributed by atoms with Crippen LogP contribution in [0, 0.1) is 20.8 Å². The summed E-state index contributed by atoms with van der Waals surface area (Å²) in [6, 6.07) is 12.1. The van der Waals surface area contributed by atoms with Crippen molar-refractivity contribution in [1.82, 2.24) is 10.3 Å². The number of aliphatic imine (C=N–C) groups is 1. The minimum Gasteiger partial charge on any atom is -0.405 e. The van der Waals surface area contributed by atoms with Crippen molar-refractivity contribution >= 4 is 17.4 Å². The molecule has 9 heteroatoms. The monoisotopic (exact) mass is 522 g/mol. The molecule has 1 spiro atoms. The van der Waals surface area contributed by atoms with Crippen molar-refractivity contribution in [2.24, 2.45) is 4.99 Å². The van der Waals surface area contributed by atoms with Gasteiger partial charge in [-0.3, -0.25) is 14.8 Å². The largest absolute Gasteiger partial charge is 0.573 e. The fourth-order valence-electron chi connectivity index (χ4n) is 5.64. The standard InChI is InChI=1S/C29H29F3N4O2/c1-17-9-10-21(25-18(2)15-33-16-19(25)3)13-23(17)36-12-11-28(14-20(36)4)27(37)34-26(35-28)22-7-5-6-8-24(22)38-29(30,31)32/h5-10,13,15-16,20H,11-12,14H2,1-4H3,(H,34,35,37)/t20-,28+/m0/s1. The lowest BCUT2D eigenvalue weighted by Gasteiger charge is -2.42. The number of nitrogens with one attached hydrogen (secondary N) is 1. The first-order valence-corrected chi connectivity index (χ1v) is 12.5. The molecule has 0 radical (unpaired) electrons. The minimum absolute atomic E-state index is 0.0344. The van der Waals surface area contributed by atoms with Crippen LogP contribution in [0.25, 0.3) is 11.1 Å². The summed E-state index contributed by atoms with van der Waals surface area (Å²) in [7, 11) is 0. The van der Waals surface area contributed by atoms with Crippen LogP contribution in [0.15, 0.2) is 59.9 Å². The van der Waals surface area contributed by atoms with Gasteiger partial charge < -0.3 is 15.0 Å². The van der Waals surface area contributed by atoms with Crippen LogP contribution in [0.5, 0.6) is 5.75 Å². The van der Waals surface area contributed by atoms with Crippen LogP contribution in [0.4, 0.5) is 18.9 Å². The number of anilines is 1. The van der Waals surface area contributed by atoms with E-state index in [0.29, 0.717) is 19.4 Å². The van der Waals surface area contributed by atoms with E-state index in [0.717, 1.165) is 33.5 Å². The molecule has 0 saturated carbocycles. The second-order valence-corrected chi connectivity index (χ2v) is 10.1. The first kappa shape index (κ1) is 25.8. The van der Waals surface area contributed by atoms with Gasteiger partial charge in [-0.25, -0.2) is 0 Å². The van der Waals surface area contributed by atoms with Gasteiger partial charge >= 0.3 is 6.36 Å². The van der Waals surface area contributed by atoms with Crippen LogP contribution < -0.4 is 15.0 Å². The van der Waals surface area contributed by atoms with Gasteiger partial charge in [-0.15, -0.1) is 13.2 Å². The zero-order valence-electron chi connectivity index (χ0n) is 21.7. The van der Waals surface area contributed by atoms with Crippen molar-refractivity contribution in [3.63, 3.8) is 0 Å². The molecule has 1 aromatic heterocycles. The molecular formula is C29H29F3N4O2. The number of rotatable bonds is 4. The summed E-state index contributed by atoms with van der Waals surface area (Å²) in [4.78, 5) is 24.4. The van der Waals surface area contributed by atoms with Crippen LogP contribution in [0.3, 0.4) is 0 Å². The molecular weight excluding hydrogens is 493 g/mol. The van der Waals surface area contributed by atoms with Crippen molar-refractivity contribution in [1.29, 1.82) is 0 Å². The van der Waals surface area contributed by atoms with E-state index in [-0.39, 0.29) is 23.3 Å². The Morgan fingerprint density at radius 2 is 1.76 bits per heavy atom. The summed E-state index contributed by atoms with van der Waals surface area (Å²) in [6.07, 6.45) is -0.257. The van der Waals surface area contributed by atoms with Crippen molar-refractivity contribution in [2.75, 3.05) is 11.4 Å². The third-order valence-corrected chi connectivity index (χ3v) is 7.41. The smallest absolute Gasteiger partial charge is 0.405 e. The third-order valence-electron chi connectivity index (χ3n) is 7.41. The number of halogens is 3. The van der Waals surface area contributed by atoms with E-state index in [9.17, 15) is 18.0 Å². The third kappa shape index (κ3) is 4.73. The second kappa shape index (κ2) is 9.45. The first-order chi connectivity index (χ1) is 18.0. The maximum absolute atomic E-state index is 13.2. The predicted molar refractivity (Wildman–Crippen MR) is 140 cm³/mol. The minimum atomic E-state index is -4.85. The molecule has 3 aromatic rings. The van der Waals surface area contributed by atoms with Crippen LogP contribution in [0.1, 0.15) is 42.0 Å². The molecule has 2 aromatic carbocycles. The highest BCUT2D eigenvalue weighted by atomic mass is 19.4. The average molecular weight is 523 g/mol. The number of pyridine rings is 1. The SMILES string of the molecule is Cc1ccc(-c2c(C)cncc2C)cc1N1CC[C@]2(C[C@@H]1C)N=C(c1ccccc1OC(F)(F)F)NC2=O. The maximum Gasteiger partial charge on any atom is 0.573 e. The number of amides is 1. The van der Waals surface area contributed by atoms with Gasteiger partial charge in [0.2, 0.25) is 0 Å². The quantitative estimate of drug-likeness (QED) is 0.465. The molecule has 6 nitrogen and oxygen atoms in total. The molecule has 1 saturated heterocycles. The fourth-order valence-corrected chi connectivity index (χ4v) is 5.64. The van der Waals surface area contributed by atoms with Crippen molar-refractivity contribution < 1.29 is 22.7 Å². The number of benzene rings is 2. The molecule has 198 valence electrons. The zero-order valence-corrected chi connectivity index (χ0v) is 21.7. The second-order valence-electron chi connectivity index (χ2n) is 10.1. The normalized spacial score (nSPS) is 21.4. The lowest BCUT2D eigenvalue weighted by Crippen LogP contribution is -2.53. The number of para-hydroxylation sites is 1. The molecule has 1 amide bonds. The molecule has 0 bridgehead atoms. The number of aromatic nitrogens is 1. The highest BCUT2D eigenvalue weighted by Gasteiger charge is 2.49. The number of carbonyl (C=O) groups is 1. The van der Waals surface area contributed by atoms with Gasteiger partial charge in [0.15, 0.2) is 0 Å². The summed E-state index contributed by atoms with van der Waals surface area (Å²) in [5.74, 6) is -0.581. The van der Waals surface area contributed by atoms with Crippen molar-refractivity contribution in [3.8, 4) is 16.9 Å². The topological polar surface area (TPSA) is 66.8 Å². The predicted octanol–water partition coefficient (Wildman–Crippen LogP) is 5.88. The van der Waals surface area contributed by atoms with Crippen molar-refractivity contribution in [3.05, 3.63) is 77.1 Å². The summed E-state index contributed by atoms with van der Waals surface area (Å²) in [6.45, 7) is 8.80. The Bertz CT molecular complexity index is 1420. The summed E-state index contributed by atoms with van der Waals surface area (Å²) in [5, 5.41) is 2.73. The summed E-state index contributed by atoms with van der Waals surface area (Å²) in [5.41, 5.74) is 5.75. The van der Waals surface area contributed by atoms with E-state index < -0.39 is 17.7 Å². The number of carbonyl (C=O) groups excluding carboxylic acids is 1. The Morgan fingerprint density at radius 3 is 2.45 bits per heavy atom. The van der Waals surface area contributed by atoms with E-state index in [1.165, 1.54) is 18.2 Å². The molecule has 5 rings (SSSR count). The molecule has 38 heavy (non-hydrogen) atoms. The Kier molecular flexibility index (Phi) is 6.41. The molecule has 2 aliphatic rings. The van der Waals surface area contributed by atoms with E-state index in [4.69, 9.17) is 0 Å². The number of ether oxygens (including phenoxy) is 1. The molecule has 1 N–H and O–H groups in total. The van der Waals surface area contributed by atoms with E-state index >= 15 is 0 Å². The van der Waals surface area contributed by atoms with Crippen LogP contribution in [-0.2, 0) is 4.79 Å². The molecule has 1 fully saturated rings. The molecule has 2 aliphatic heterocycles. The lowest BCUT2D eigenvalue weighted by molar-refractivity contribution is -0.274. The highest BCUT2D eigenvalue weighted by Crippen LogP contribution is 2.40. The number of hydrogen-bond acceptors (Lipinski definition) is 5. The first-order valence-electron chi connectivity index (χ1n) is 12.5. The van der Waals surface area contributed by atoms with Crippen LogP contribution in [-0.4, -0.2) is 41.2 Å². The van der Waals surface area contributed by atoms with E-state index in [2.05, 4.69) is 57.0 Å². The van der Waals surface area contributed by atoms with Gasteiger partial charge in [0, 0.05) is 37.1 Å². The number of amidine groups is 1. The Hall–Kier alpha value is -3.88. The van der Waals surface area contributed by atoms with E-state index in [1.54, 1.807) is 6.07 Å². The average Bonchev–Trinajstić information content (AvgIpc) is 3.14. The van der Waals surface area contributed by atoms with Gasteiger partial charge in [-0.05, 0) is 80.1 Å². The Balaban J connectivity index is 1.43. The van der Waals surface area contributed by atoms with Gasteiger partial charge in [-0.2, -0.15) is 0 Å². The van der Waals surface area contributed by atoms with E-state index in [1.807, 2.05) is 26.2 Å². The Morgan fingerprint density at radius 1 is 1.05 bits per heavy atom. The van der Waals surface area contributed by atoms with Crippen LogP contribution in [0.2, 0.25) is 0 Å². The summed E-state index contributed by atoms with van der Waals surface area (Å²) < 4.78 is 43.0.